The average molecular weight is 293 g/mol. The van der Waals surface area contributed by atoms with Crippen LogP contribution < -0.4 is 0 Å². The molecule has 1 amide bonds. The minimum atomic E-state index is -1.10. The lowest BCUT2D eigenvalue weighted by Gasteiger charge is -2.24. The van der Waals surface area contributed by atoms with Gasteiger partial charge in [0.1, 0.15) is 12.1 Å². The van der Waals surface area contributed by atoms with E-state index in [1.54, 1.807) is 6.92 Å². The highest BCUT2D eigenvalue weighted by molar-refractivity contribution is 5.86. The first kappa shape index (κ1) is 15.5. The number of carboxylic acid groups (broad SMARTS) is 1. The Hall–Kier alpha value is -1.92. The summed E-state index contributed by atoms with van der Waals surface area (Å²) in [6.07, 6.45) is -1.49. The molecule has 0 spiro atoms. The van der Waals surface area contributed by atoms with Crippen molar-refractivity contribution in [3.8, 4) is 0 Å². The molecule has 1 fully saturated rings. The summed E-state index contributed by atoms with van der Waals surface area (Å²) in [6, 6.07) is 8.44. The maximum absolute atomic E-state index is 12.3. The van der Waals surface area contributed by atoms with Crippen LogP contribution in [0.4, 0.5) is 0 Å². The summed E-state index contributed by atoms with van der Waals surface area (Å²) >= 11 is 0. The zero-order valence-electron chi connectivity index (χ0n) is 11.8. The predicted molar refractivity (Wildman–Crippen MR) is 74.5 cm³/mol. The molecular formula is C15H19NO5. The van der Waals surface area contributed by atoms with E-state index in [2.05, 4.69) is 0 Å². The van der Waals surface area contributed by atoms with Gasteiger partial charge in [-0.25, -0.2) is 4.79 Å². The van der Waals surface area contributed by atoms with Crippen molar-refractivity contribution in [2.45, 2.75) is 38.2 Å². The molecule has 1 aliphatic heterocycles. The SMILES string of the molecule is CC(OCc1ccccc1)C(=O)N1C[C@@H](O)C[C@H]1C(=O)O. The first-order valence-electron chi connectivity index (χ1n) is 6.86. The van der Waals surface area contributed by atoms with Gasteiger partial charge < -0.3 is 19.8 Å². The van der Waals surface area contributed by atoms with Crippen LogP contribution in [0.5, 0.6) is 0 Å². The van der Waals surface area contributed by atoms with Gasteiger partial charge >= 0.3 is 5.97 Å². The average Bonchev–Trinajstić information content (AvgIpc) is 2.87. The zero-order valence-corrected chi connectivity index (χ0v) is 11.8. The second-order valence-corrected chi connectivity index (χ2v) is 5.17. The molecule has 1 aliphatic rings. The Morgan fingerprint density at radius 1 is 1.38 bits per heavy atom. The van der Waals surface area contributed by atoms with Crippen molar-refractivity contribution >= 4 is 11.9 Å². The molecule has 0 aromatic heterocycles. The van der Waals surface area contributed by atoms with E-state index in [1.807, 2.05) is 30.3 Å². The number of benzene rings is 1. The first-order chi connectivity index (χ1) is 9.99. The standard InChI is InChI=1S/C15H19NO5/c1-10(21-9-11-5-3-2-4-6-11)14(18)16-8-12(17)7-13(16)15(19)20/h2-6,10,12-13,17H,7-9H2,1H3,(H,19,20)/t10?,12-,13-/m0/s1. The zero-order chi connectivity index (χ0) is 15.4. The number of ether oxygens (including phenoxy) is 1. The molecule has 0 bridgehead atoms. The number of aliphatic hydroxyl groups excluding tert-OH is 1. The van der Waals surface area contributed by atoms with E-state index >= 15 is 0 Å². The van der Waals surface area contributed by atoms with Crippen molar-refractivity contribution in [1.82, 2.24) is 4.90 Å². The van der Waals surface area contributed by atoms with E-state index in [9.17, 15) is 14.7 Å². The largest absolute Gasteiger partial charge is 0.480 e. The number of carbonyl (C=O) groups is 2. The number of β-amino-alcohol motifs (C(OH)–C–C–N with tert-alkyl or cyclic N) is 1. The molecule has 0 radical (unpaired) electrons. The fourth-order valence-corrected chi connectivity index (χ4v) is 2.39. The molecule has 0 aliphatic carbocycles. The number of aliphatic hydroxyl groups is 1. The normalized spacial score (nSPS) is 23.0. The first-order valence-corrected chi connectivity index (χ1v) is 6.86. The van der Waals surface area contributed by atoms with E-state index in [0.29, 0.717) is 0 Å². The Kier molecular flexibility index (Phi) is 4.93. The summed E-state index contributed by atoms with van der Waals surface area (Å²) in [4.78, 5) is 24.6. The van der Waals surface area contributed by atoms with Crippen molar-refractivity contribution < 1.29 is 24.5 Å². The van der Waals surface area contributed by atoms with Gasteiger partial charge in [0.25, 0.3) is 5.91 Å². The van der Waals surface area contributed by atoms with Gasteiger partial charge in [-0.3, -0.25) is 4.79 Å². The molecule has 2 N–H and O–H groups in total. The fourth-order valence-electron chi connectivity index (χ4n) is 2.39. The molecule has 1 heterocycles. The summed E-state index contributed by atoms with van der Waals surface area (Å²) in [5.41, 5.74) is 0.938. The van der Waals surface area contributed by atoms with Crippen LogP contribution >= 0.6 is 0 Å². The van der Waals surface area contributed by atoms with Crippen LogP contribution in [0.3, 0.4) is 0 Å². The highest BCUT2D eigenvalue weighted by Gasteiger charge is 2.40. The van der Waals surface area contributed by atoms with Crippen LogP contribution in [0.2, 0.25) is 0 Å². The van der Waals surface area contributed by atoms with Crippen molar-refractivity contribution in [1.29, 1.82) is 0 Å². The van der Waals surface area contributed by atoms with Crippen LogP contribution in [0.25, 0.3) is 0 Å². The van der Waals surface area contributed by atoms with Gasteiger partial charge in [-0.05, 0) is 12.5 Å². The van der Waals surface area contributed by atoms with Crippen LogP contribution in [0.1, 0.15) is 18.9 Å². The molecule has 0 saturated carbocycles. The van der Waals surface area contributed by atoms with E-state index in [4.69, 9.17) is 9.84 Å². The number of amides is 1. The Morgan fingerprint density at radius 3 is 2.67 bits per heavy atom. The van der Waals surface area contributed by atoms with Gasteiger partial charge in [0.2, 0.25) is 0 Å². The second-order valence-electron chi connectivity index (χ2n) is 5.17. The van der Waals surface area contributed by atoms with Gasteiger partial charge in [-0.1, -0.05) is 30.3 Å². The summed E-state index contributed by atoms with van der Waals surface area (Å²) in [6.45, 7) is 1.91. The minimum Gasteiger partial charge on any atom is -0.480 e. The molecule has 1 aromatic carbocycles. The summed E-state index contributed by atoms with van der Waals surface area (Å²) in [7, 11) is 0. The monoisotopic (exact) mass is 293 g/mol. The summed E-state index contributed by atoms with van der Waals surface area (Å²) in [5, 5.41) is 18.7. The number of hydrogen-bond donors (Lipinski definition) is 2. The molecule has 1 aromatic rings. The quantitative estimate of drug-likeness (QED) is 0.832. The molecule has 6 nitrogen and oxygen atoms in total. The number of nitrogens with zero attached hydrogens (tertiary/aromatic N) is 1. The molecule has 2 rings (SSSR count). The van der Waals surface area contributed by atoms with E-state index < -0.39 is 30.1 Å². The lowest BCUT2D eigenvalue weighted by Crippen LogP contribution is -2.45. The molecule has 1 unspecified atom stereocenters. The lowest BCUT2D eigenvalue weighted by molar-refractivity contribution is -0.153. The third-order valence-corrected chi connectivity index (χ3v) is 3.54. The molecule has 6 heteroatoms. The summed E-state index contributed by atoms with van der Waals surface area (Å²) < 4.78 is 5.50. The summed E-state index contributed by atoms with van der Waals surface area (Å²) in [5.74, 6) is -1.51. The third-order valence-electron chi connectivity index (χ3n) is 3.54. The van der Waals surface area contributed by atoms with Crippen molar-refractivity contribution in [2.24, 2.45) is 0 Å². The molecule has 1 saturated heterocycles. The Bertz CT molecular complexity index is 504. The smallest absolute Gasteiger partial charge is 0.326 e. The highest BCUT2D eigenvalue weighted by Crippen LogP contribution is 2.20. The van der Waals surface area contributed by atoms with Crippen LogP contribution in [-0.2, 0) is 20.9 Å². The van der Waals surface area contributed by atoms with Crippen LogP contribution in [0.15, 0.2) is 30.3 Å². The number of carboxylic acids is 1. The number of likely N-dealkylation sites (tertiary alicyclic amines) is 1. The maximum atomic E-state index is 12.3. The van der Waals surface area contributed by atoms with Crippen LogP contribution in [-0.4, -0.2) is 51.8 Å². The van der Waals surface area contributed by atoms with Gasteiger partial charge in [-0.15, -0.1) is 0 Å². The van der Waals surface area contributed by atoms with Crippen LogP contribution in [0, 0.1) is 0 Å². The molecule has 21 heavy (non-hydrogen) atoms. The Morgan fingerprint density at radius 2 is 2.05 bits per heavy atom. The number of aliphatic carboxylic acids is 1. The topological polar surface area (TPSA) is 87.1 Å². The highest BCUT2D eigenvalue weighted by atomic mass is 16.5. The maximum Gasteiger partial charge on any atom is 0.326 e. The number of rotatable bonds is 5. The molecule has 114 valence electrons. The van der Waals surface area contributed by atoms with Crippen molar-refractivity contribution in [3.05, 3.63) is 35.9 Å². The van der Waals surface area contributed by atoms with E-state index in [0.717, 1.165) is 5.56 Å². The Labute approximate surface area is 122 Å². The predicted octanol–water partition coefficient (Wildman–Crippen LogP) is 0.638. The lowest BCUT2D eigenvalue weighted by atomic mass is 10.2. The fraction of sp³-hybridized carbons (Fsp3) is 0.467. The molecule has 3 atom stereocenters. The second kappa shape index (κ2) is 6.69. The molecular weight excluding hydrogens is 274 g/mol. The number of hydrogen-bond acceptors (Lipinski definition) is 4. The van der Waals surface area contributed by atoms with Gasteiger partial charge in [0.15, 0.2) is 0 Å². The third kappa shape index (κ3) is 3.80. The van der Waals surface area contributed by atoms with Gasteiger partial charge in [0, 0.05) is 13.0 Å². The van der Waals surface area contributed by atoms with Crippen molar-refractivity contribution in [2.75, 3.05) is 6.54 Å². The Balaban J connectivity index is 1.94. The van der Waals surface area contributed by atoms with Gasteiger partial charge in [-0.2, -0.15) is 0 Å². The van der Waals surface area contributed by atoms with E-state index in [1.165, 1.54) is 4.90 Å². The van der Waals surface area contributed by atoms with Crippen molar-refractivity contribution in [3.63, 3.8) is 0 Å². The minimum absolute atomic E-state index is 0.0365. The van der Waals surface area contributed by atoms with E-state index in [-0.39, 0.29) is 19.6 Å². The number of carbonyl (C=O) groups excluding carboxylic acids is 1. The van der Waals surface area contributed by atoms with Gasteiger partial charge in [0.05, 0.1) is 12.7 Å².